The summed E-state index contributed by atoms with van der Waals surface area (Å²) >= 11 is 0. The Bertz CT molecular complexity index is 1230. The Balaban J connectivity index is 1.62. The van der Waals surface area contributed by atoms with Crippen molar-refractivity contribution in [3.8, 4) is 16.9 Å². The normalized spacial score (nSPS) is 12.0. The van der Waals surface area contributed by atoms with Gasteiger partial charge in [-0.3, -0.25) is 4.79 Å². The van der Waals surface area contributed by atoms with Crippen molar-refractivity contribution < 1.29 is 9.53 Å². The van der Waals surface area contributed by atoms with Crippen LogP contribution in [-0.2, 0) is 6.42 Å². The summed E-state index contributed by atoms with van der Waals surface area (Å²) in [7, 11) is 1.60. The van der Waals surface area contributed by atoms with E-state index >= 15 is 0 Å². The van der Waals surface area contributed by atoms with Crippen molar-refractivity contribution in [2.45, 2.75) is 26.4 Å². The molecule has 158 valence electrons. The lowest BCUT2D eigenvalue weighted by Crippen LogP contribution is -2.18. The van der Waals surface area contributed by atoms with Crippen LogP contribution in [0.15, 0.2) is 54.7 Å². The second kappa shape index (κ2) is 8.47. The maximum atomic E-state index is 12.1. The number of carbonyl (C=O) groups is 1. The van der Waals surface area contributed by atoms with Gasteiger partial charge in [-0.05, 0) is 42.7 Å². The van der Waals surface area contributed by atoms with E-state index in [2.05, 4.69) is 51.5 Å². The molecule has 31 heavy (non-hydrogen) atoms. The average Bonchev–Trinajstić information content (AvgIpc) is 3.25. The molecular formula is C24H25N5O2. The van der Waals surface area contributed by atoms with Crippen LogP contribution in [-0.4, -0.2) is 27.9 Å². The fraction of sp³-hybridized carbons (Fsp3) is 0.208. The van der Waals surface area contributed by atoms with Crippen LogP contribution in [0.4, 0.5) is 5.82 Å². The average molecular weight is 415 g/mol. The van der Waals surface area contributed by atoms with Crippen LogP contribution in [0.1, 0.15) is 41.7 Å². The molecule has 7 heteroatoms. The van der Waals surface area contributed by atoms with E-state index in [0.29, 0.717) is 28.5 Å². The van der Waals surface area contributed by atoms with Crippen molar-refractivity contribution in [2.24, 2.45) is 0 Å². The molecule has 4 aromatic rings. The number of nitrogen functional groups attached to an aromatic ring is 1. The first-order chi connectivity index (χ1) is 15.0. The van der Waals surface area contributed by atoms with Gasteiger partial charge in [0.05, 0.1) is 11.1 Å². The number of nitrogens with zero attached hydrogens (tertiary/aromatic N) is 2. The number of aromatic nitrogens is 3. The Morgan fingerprint density at radius 2 is 1.97 bits per heavy atom. The molecule has 0 radical (unpaired) electrons. The Morgan fingerprint density at radius 3 is 2.68 bits per heavy atom. The minimum atomic E-state index is -0.424. The van der Waals surface area contributed by atoms with Crippen molar-refractivity contribution in [1.29, 1.82) is 0 Å². The molecule has 2 heterocycles. The first-order valence-corrected chi connectivity index (χ1v) is 10.2. The van der Waals surface area contributed by atoms with Crippen LogP contribution in [0.2, 0.25) is 0 Å². The Hall–Kier alpha value is -3.87. The number of benzene rings is 2. The quantitative estimate of drug-likeness (QED) is 0.436. The third-order valence-electron chi connectivity index (χ3n) is 5.27. The van der Waals surface area contributed by atoms with Crippen molar-refractivity contribution in [2.75, 3.05) is 12.8 Å². The van der Waals surface area contributed by atoms with Gasteiger partial charge in [0.15, 0.2) is 17.7 Å². The zero-order valence-corrected chi connectivity index (χ0v) is 17.8. The number of pyridine rings is 1. The maximum Gasteiger partial charge on any atom is 0.253 e. The lowest BCUT2D eigenvalue weighted by atomic mass is 10.0. The maximum absolute atomic E-state index is 12.1. The van der Waals surface area contributed by atoms with Gasteiger partial charge in [-0.1, -0.05) is 37.3 Å². The van der Waals surface area contributed by atoms with Crippen LogP contribution >= 0.6 is 0 Å². The van der Waals surface area contributed by atoms with Crippen molar-refractivity contribution in [1.82, 2.24) is 20.3 Å². The fourth-order valence-corrected chi connectivity index (χ4v) is 3.45. The number of H-pyrrole nitrogens is 1. The molecule has 4 N–H and O–H groups in total. The molecule has 2 aromatic heterocycles. The van der Waals surface area contributed by atoms with Crippen LogP contribution in [0.3, 0.4) is 0 Å². The lowest BCUT2D eigenvalue weighted by Gasteiger charge is -2.15. The highest BCUT2D eigenvalue weighted by Crippen LogP contribution is 2.31. The third-order valence-corrected chi connectivity index (χ3v) is 5.27. The van der Waals surface area contributed by atoms with E-state index in [-0.39, 0.29) is 5.91 Å². The summed E-state index contributed by atoms with van der Waals surface area (Å²) in [5, 5.41) is 2.64. The zero-order chi connectivity index (χ0) is 22.0. The largest absolute Gasteiger partial charge is 0.479 e. The second-order valence-electron chi connectivity index (χ2n) is 7.32. The number of fused-ring (bicyclic) bond motifs is 1. The molecule has 1 unspecified atom stereocenters. The number of aryl methyl sites for hydroxylation is 1. The standard InChI is InChI=1S/C24H25N5O2/c1-4-15-8-10-16(11-9-15)17-12-20(22(25)27-13-17)31-14(2)23-28-19-7-5-6-18(21(19)29-23)24(30)26-3/h5-14H,4H2,1-3H3,(H2,25,27)(H,26,30)(H,28,29). The number of carbonyl (C=O) groups excluding carboxylic acids is 1. The van der Waals surface area contributed by atoms with Crippen molar-refractivity contribution in [3.63, 3.8) is 0 Å². The molecular weight excluding hydrogens is 390 g/mol. The van der Waals surface area contributed by atoms with E-state index < -0.39 is 6.10 Å². The van der Waals surface area contributed by atoms with Gasteiger partial charge in [-0.25, -0.2) is 9.97 Å². The number of nitrogens with one attached hydrogen (secondary N) is 2. The molecule has 0 aliphatic heterocycles. The van der Waals surface area contributed by atoms with Gasteiger partial charge < -0.3 is 20.8 Å². The minimum absolute atomic E-state index is 0.188. The summed E-state index contributed by atoms with van der Waals surface area (Å²) in [6.07, 6.45) is 2.31. The summed E-state index contributed by atoms with van der Waals surface area (Å²) in [5.74, 6) is 1.20. The van der Waals surface area contributed by atoms with Gasteiger partial charge in [-0.2, -0.15) is 0 Å². The molecule has 7 nitrogen and oxygen atoms in total. The van der Waals surface area contributed by atoms with E-state index in [1.54, 1.807) is 19.3 Å². The number of amides is 1. The third kappa shape index (κ3) is 4.07. The first kappa shape index (κ1) is 20.4. The van der Waals surface area contributed by atoms with E-state index in [1.807, 2.05) is 25.1 Å². The summed E-state index contributed by atoms with van der Waals surface area (Å²) in [6, 6.07) is 15.7. The number of hydrogen-bond donors (Lipinski definition) is 3. The van der Waals surface area contributed by atoms with Gasteiger partial charge in [0.1, 0.15) is 11.3 Å². The SMILES string of the molecule is CCc1ccc(-c2cnc(N)c(OC(C)c3nc4c(C(=O)NC)cccc4[nH]3)c2)cc1. The monoisotopic (exact) mass is 415 g/mol. The Morgan fingerprint density at radius 1 is 1.19 bits per heavy atom. The first-order valence-electron chi connectivity index (χ1n) is 10.2. The van der Waals surface area contributed by atoms with Gasteiger partial charge in [0.2, 0.25) is 0 Å². The molecule has 1 amide bonds. The van der Waals surface area contributed by atoms with Gasteiger partial charge >= 0.3 is 0 Å². The summed E-state index contributed by atoms with van der Waals surface area (Å²) in [5.41, 5.74) is 11.2. The number of anilines is 1. The predicted octanol–water partition coefficient (Wildman–Crippen LogP) is 4.27. The van der Waals surface area contributed by atoms with E-state index in [4.69, 9.17) is 10.5 Å². The number of para-hydroxylation sites is 1. The Labute approximate surface area is 180 Å². The Kier molecular flexibility index (Phi) is 5.58. The molecule has 0 spiro atoms. The van der Waals surface area contributed by atoms with E-state index in [9.17, 15) is 4.79 Å². The molecule has 0 fully saturated rings. The van der Waals surface area contributed by atoms with Crippen LogP contribution in [0.25, 0.3) is 22.2 Å². The highest BCUT2D eigenvalue weighted by Gasteiger charge is 2.18. The number of nitrogens with two attached hydrogens (primary N) is 1. The van der Waals surface area contributed by atoms with Crippen LogP contribution in [0.5, 0.6) is 5.75 Å². The molecule has 0 aliphatic rings. The topological polar surface area (TPSA) is 106 Å². The minimum Gasteiger partial charge on any atom is -0.479 e. The summed E-state index contributed by atoms with van der Waals surface area (Å²) in [4.78, 5) is 24.3. The van der Waals surface area contributed by atoms with E-state index in [0.717, 1.165) is 23.1 Å². The number of aromatic amines is 1. The molecule has 2 aromatic carbocycles. The molecule has 0 saturated heterocycles. The highest BCUT2D eigenvalue weighted by molar-refractivity contribution is 6.04. The fourth-order valence-electron chi connectivity index (χ4n) is 3.45. The highest BCUT2D eigenvalue weighted by atomic mass is 16.5. The van der Waals surface area contributed by atoms with Gasteiger partial charge in [0.25, 0.3) is 5.91 Å². The number of rotatable bonds is 6. The second-order valence-corrected chi connectivity index (χ2v) is 7.32. The lowest BCUT2D eigenvalue weighted by molar-refractivity contribution is 0.0964. The van der Waals surface area contributed by atoms with Crippen molar-refractivity contribution in [3.05, 3.63) is 71.7 Å². The van der Waals surface area contributed by atoms with Gasteiger partial charge in [-0.15, -0.1) is 0 Å². The predicted molar refractivity (Wildman–Crippen MR) is 122 cm³/mol. The smallest absolute Gasteiger partial charge is 0.253 e. The zero-order valence-electron chi connectivity index (χ0n) is 17.8. The number of imidazole rings is 1. The molecule has 4 rings (SSSR count). The van der Waals surface area contributed by atoms with E-state index in [1.165, 1.54) is 5.56 Å². The molecule has 0 aliphatic carbocycles. The van der Waals surface area contributed by atoms with Crippen LogP contribution < -0.4 is 15.8 Å². The number of ether oxygens (including phenoxy) is 1. The summed E-state index contributed by atoms with van der Waals surface area (Å²) < 4.78 is 6.11. The van der Waals surface area contributed by atoms with Crippen LogP contribution in [0, 0.1) is 0 Å². The molecule has 1 atom stereocenters. The van der Waals surface area contributed by atoms with Gasteiger partial charge in [0, 0.05) is 18.8 Å². The molecule has 0 bridgehead atoms. The number of hydrogen-bond acceptors (Lipinski definition) is 5. The summed E-state index contributed by atoms with van der Waals surface area (Å²) in [6.45, 7) is 4.00. The van der Waals surface area contributed by atoms with Crippen molar-refractivity contribution >= 4 is 22.8 Å². The molecule has 0 saturated carbocycles.